The molecule has 1 atom stereocenters. The van der Waals surface area contributed by atoms with E-state index in [4.69, 9.17) is 18.4 Å². The first-order valence-electron chi connectivity index (χ1n) is 12.1. The minimum Gasteiger partial charge on any atom is -0.493 e. The second kappa shape index (κ2) is 11.4. The predicted octanol–water partition coefficient (Wildman–Crippen LogP) is 7.96. The van der Waals surface area contributed by atoms with E-state index in [0.717, 1.165) is 12.1 Å². The van der Waals surface area contributed by atoms with Crippen LogP contribution in [0.15, 0.2) is 41.3 Å². The lowest BCUT2D eigenvalue weighted by molar-refractivity contribution is -0.137. The number of fused-ring (bicyclic) bond motifs is 1. The fourth-order valence-corrected chi connectivity index (χ4v) is 5.17. The number of hydrogen-bond donors (Lipinski definition) is 0. The quantitative estimate of drug-likeness (QED) is 0.126. The predicted molar refractivity (Wildman–Crippen MR) is 127 cm³/mol. The van der Waals surface area contributed by atoms with E-state index in [0.29, 0.717) is 61.4 Å². The molecular formula is C27H20F8O4S. The lowest BCUT2D eigenvalue weighted by Gasteiger charge is -2.30. The Balaban J connectivity index is 1.42. The summed E-state index contributed by atoms with van der Waals surface area (Å²) in [6.45, 7) is 1.07. The van der Waals surface area contributed by atoms with Gasteiger partial charge in [0.15, 0.2) is 0 Å². The summed E-state index contributed by atoms with van der Waals surface area (Å²) >= 11 is 0.349. The van der Waals surface area contributed by atoms with E-state index in [1.165, 1.54) is 18.2 Å². The highest BCUT2D eigenvalue weighted by atomic mass is 32.2. The molecule has 0 amide bonds. The van der Waals surface area contributed by atoms with Crippen molar-refractivity contribution in [2.24, 2.45) is 0 Å². The number of alkyl halides is 3. The zero-order valence-corrected chi connectivity index (χ0v) is 21.2. The molecule has 0 N–H and O–H groups in total. The summed E-state index contributed by atoms with van der Waals surface area (Å²) in [5, 5.41) is 0. The van der Waals surface area contributed by atoms with Crippen molar-refractivity contribution in [3.8, 4) is 17.2 Å². The molecule has 3 aromatic carbocycles. The van der Waals surface area contributed by atoms with E-state index in [1.54, 1.807) is 6.07 Å². The van der Waals surface area contributed by atoms with E-state index in [1.807, 2.05) is 0 Å². The maximum Gasteiger partial charge on any atom is 0.416 e. The van der Waals surface area contributed by atoms with Crippen LogP contribution in [0.25, 0.3) is 0 Å². The highest BCUT2D eigenvalue weighted by molar-refractivity contribution is 7.95. The molecule has 2 aliphatic rings. The first-order valence-corrected chi connectivity index (χ1v) is 12.9. The summed E-state index contributed by atoms with van der Waals surface area (Å²) in [4.78, 5) is 0.217. The average molecular weight is 593 g/mol. The van der Waals surface area contributed by atoms with Crippen molar-refractivity contribution in [1.82, 2.24) is 0 Å². The van der Waals surface area contributed by atoms with Crippen molar-refractivity contribution < 1.29 is 53.5 Å². The van der Waals surface area contributed by atoms with Gasteiger partial charge in [0.1, 0.15) is 17.6 Å². The normalized spacial score (nSPS) is 17.8. The Kier molecular flexibility index (Phi) is 8.05. The molecular weight excluding hydrogens is 572 g/mol. The van der Waals surface area contributed by atoms with Gasteiger partial charge in [-0.15, -0.1) is 0 Å². The zero-order valence-electron chi connectivity index (χ0n) is 20.4. The van der Waals surface area contributed by atoms with Gasteiger partial charge in [-0.2, -0.15) is 22.0 Å². The molecule has 1 saturated heterocycles. The van der Waals surface area contributed by atoms with Gasteiger partial charge >= 0.3 is 6.18 Å². The highest BCUT2D eigenvalue weighted by Gasteiger charge is 2.34. The Hall–Kier alpha value is -3.19. The first-order chi connectivity index (χ1) is 19.0. The monoisotopic (exact) mass is 592 g/mol. The van der Waals surface area contributed by atoms with Crippen LogP contribution in [0.5, 0.6) is 17.2 Å². The minimum absolute atomic E-state index is 0.104. The number of halogens is 8. The Bertz CT molecular complexity index is 1380. The summed E-state index contributed by atoms with van der Waals surface area (Å²) < 4.78 is 131. The number of benzene rings is 3. The molecule has 4 nitrogen and oxygen atoms in total. The van der Waals surface area contributed by atoms with Crippen LogP contribution in [0.3, 0.4) is 0 Å². The topological polar surface area (TPSA) is 36.9 Å². The van der Waals surface area contributed by atoms with Gasteiger partial charge in [-0.25, -0.2) is 13.2 Å². The molecule has 214 valence electrons. The van der Waals surface area contributed by atoms with E-state index in [-0.39, 0.29) is 23.4 Å². The second-order valence-electron chi connectivity index (χ2n) is 9.14. The van der Waals surface area contributed by atoms with Crippen molar-refractivity contribution in [2.75, 3.05) is 19.8 Å². The van der Waals surface area contributed by atoms with Crippen molar-refractivity contribution in [2.45, 2.75) is 42.4 Å². The fourth-order valence-electron chi connectivity index (χ4n) is 4.57. The molecule has 13 heteroatoms. The van der Waals surface area contributed by atoms with E-state index >= 15 is 0 Å². The van der Waals surface area contributed by atoms with Crippen LogP contribution in [-0.4, -0.2) is 25.9 Å². The van der Waals surface area contributed by atoms with Crippen molar-refractivity contribution in [3.05, 3.63) is 82.2 Å². The Morgan fingerprint density at radius 1 is 0.750 bits per heavy atom. The SMILES string of the molecule is Fc1c(F)c(F)c(OSc2ccc3c(c2)OCCC3c2ccc(C(F)(F)F)cc2OC2CCOCC2)c(F)c1F. The van der Waals surface area contributed by atoms with Crippen LogP contribution in [0.4, 0.5) is 35.1 Å². The van der Waals surface area contributed by atoms with E-state index in [2.05, 4.69) is 0 Å². The van der Waals surface area contributed by atoms with Crippen molar-refractivity contribution in [1.29, 1.82) is 0 Å². The lowest BCUT2D eigenvalue weighted by Crippen LogP contribution is -2.27. The Morgan fingerprint density at radius 2 is 1.40 bits per heavy atom. The fraction of sp³-hybridized carbons (Fsp3) is 0.333. The number of rotatable bonds is 6. The van der Waals surface area contributed by atoms with E-state index < -0.39 is 52.5 Å². The van der Waals surface area contributed by atoms with Gasteiger partial charge in [0.25, 0.3) is 0 Å². The molecule has 1 fully saturated rings. The average Bonchev–Trinajstić information content (AvgIpc) is 2.94. The molecule has 0 bridgehead atoms. The summed E-state index contributed by atoms with van der Waals surface area (Å²) in [6.07, 6.45) is -3.39. The van der Waals surface area contributed by atoms with Gasteiger partial charge in [-0.05, 0) is 30.7 Å². The molecule has 3 aromatic rings. The van der Waals surface area contributed by atoms with Crippen molar-refractivity contribution in [3.63, 3.8) is 0 Å². The van der Waals surface area contributed by atoms with Gasteiger partial charge in [-0.1, -0.05) is 12.1 Å². The lowest BCUT2D eigenvalue weighted by atomic mass is 9.85. The van der Waals surface area contributed by atoms with Crippen molar-refractivity contribution >= 4 is 12.0 Å². The Morgan fingerprint density at radius 3 is 2.08 bits per heavy atom. The van der Waals surface area contributed by atoms with E-state index in [9.17, 15) is 35.1 Å². The molecule has 5 rings (SSSR count). The van der Waals surface area contributed by atoms with Gasteiger partial charge in [-0.3, -0.25) is 0 Å². The van der Waals surface area contributed by atoms with Crippen LogP contribution in [-0.2, 0) is 10.9 Å². The maximum atomic E-state index is 14.0. The van der Waals surface area contributed by atoms with Crippen LogP contribution in [0, 0.1) is 29.1 Å². The van der Waals surface area contributed by atoms with Crippen LogP contribution in [0.1, 0.15) is 41.9 Å². The van der Waals surface area contributed by atoms with Crippen LogP contribution < -0.4 is 13.7 Å². The minimum atomic E-state index is -4.57. The number of ether oxygens (including phenoxy) is 3. The molecule has 0 aliphatic carbocycles. The number of hydrogen-bond acceptors (Lipinski definition) is 5. The van der Waals surface area contributed by atoms with Gasteiger partial charge < -0.3 is 18.4 Å². The summed E-state index contributed by atoms with van der Waals surface area (Å²) in [5.74, 6) is -12.2. The zero-order chi connectivity index (χ0) is 28.6. The summed E-state index contributed by atoms with van der Waals surface area (Å²) in [5.41, 5.74) is 0.299. The smallest absolute Gasteiger partial charge is 0.416 e. The van der Waals surface area contributed by atoms with Crippen LogP contribution >= 0.6 is 12.0 Å². The maximum absolute atomic E-state index is 14.0. The molecule has 0 spiro atoms. The third-order valence-corrected chi connectivity index (χ3v) is 7.29. The summed E-state index contributed by atoms with van der Waals surface area (Å²) in [6, 6.07) is 7.87. The largest absolute Gasteiger partial charge is 0.493 e. The third kappa shape index (κ3) is 5.67. The van der Waals surface area contributed by atoms with Gasteiger partial charge in [0, 0.05) is 29.9 Å². The highest BCUT2D eigenvalue weighted by Crippen LogP contribution is 2.45. The van der Waals surface area contributed by atoms with Gasteiger partial charge in [0.2, 0.25) is 34.8 Å². The first kappa shape index (κ1) is 28.3. The third-order valence-electron chi connectivity index (χ3n) is 6.59. The van der Waals surface area contributed by atoms with Crippen LogP contribution in [0.2, 0.25) is 0 Å². The Labute approximate surface area is 227 Å². The molecule has 0 aromatic heterocycles. The second-order valence-corrected chi connectivity index (χ2v) is 9.94. The molecule has 1 unspecified atom stereocenters. The molecule has 2 heterocycles. The molecule has 0 saturated carbocycles. The molecule has 2 aliphatic heterocycles. The molecule has 0 radical (unpaired) electrons. The standard InChI is InChI=1S/C27H20F8O4S/c28-21-22(29)24(31)26(25(32)23(21)30)39-40-15-2-4-17-16(7-10-37-19(17)12-15)18-3-1-13(27(33,34)35)11-20(18)38-14-5-8-36-9-6-14/h1-4,11-12,14,16H,5-10H2. The molecule has 40 heavy (non-hydrogen) atoms. The van der Waals surface area contributed by atoms with Gasteiger partial charge in [0.05, 0.1) is 42.3 Å². The summed E-state index contributed by atoms with van der Waals surface area (Å²) in [7, 11) is 0.